The van der Waals surface area contributed by atoms with Gasteiger partial charge in [-0.2, -0.15) is 8.78 Å². The van der Waals surface area contributed by atoms with Crippen LogP contribution in [-0.2, 0) is 6.42 Å². The number of nitrogens with two attached hydrogens (primary N) is 1. The summed E-state index contributed by atoms with van der Waals surface area (Å²) in [4.78, 5) is 20.4. The quantitative estimate of drug-likeness (QED) is 0.456. The minimum absolute atomic E-state index is 0.0676. The van der Waals surface area contributed by atoms with E-state index in [0.717, 1.165) is 5.56 Å². The number of aliphatic hydroxyl groups is 1. The van der Waals surface area contributed by atoms with Gasteiger partial charge in [-0.05, 0) is 42.3 Å². The number of nitrogens with one attached hydrogen (secondary N) is 1. The van der Waals surface area contributed by atoms with Gasteiger partial charge in [0.15, 0.2) is 0 Å². The van der Waals surface area contributed by atoms with Gasteiger partial charge in [0.05, 0.1) is 23.8 Å². The second kappa shape index (κ2) is 11.2. The molecule has 0 bridgehead atoms. The number of nitrogens with zero attached hydrogens (tertiary/aromatic N) is 2. The predicted octanol–water partition coefficient (Wildman–Crippen LogP) is 3.05. The molecule has 1 unspecified atom stereocenters. The molecule has 0 spiro atoms. The van der Waals surface area contributed by atoms with E-state index in [9.17, 15) is 18.7 Å². The second-order valence-electron chi connectivity index (χ2n) is 6.85. The van der Waals surface area contributed by atoms with Crippen molar-refractivity contribution in [3.63, 3.8) is 0 Å². The first-order chi connectivity index (χ1) is 15.8. The zero-order chi connectivity index (χ0) is 23.8. The molecule has 0 aliphatic carbocycles. The number of hydrogen-bond donors (Lipinski definition) is 3. The number of nitrogen functional groups attached to an aromatic ring is 1. The fourth-order valence-electron chi connectivity index (χ4n) is 2.84. The summed E-state index contributed by atoms with van der Waals surface area (Å²) in [5.41, 5.74) is 6.92. The van der Waals surface area contributed by atoms with Crippen LogP contribution in [-0.4, -0.2) is 40.2 Å². The molecule has 2 aromatic carbocycles. The van der Waals surface area contributed by atoms with E-state index in [-0.39, 0.29) is 29.4 Å². The second-order valence-corrected chi connectivity index (χ2v) is 7.29. The largest absolute Gasteiger partial charge is 0.434 e. The molecule has 0 saturated carbocycles. The number of hydrogen-bond acceptors (Lipinski definition) is 6. The van der Waals surface area contributed by atoms with Crippen LogP contribution < -0.4 is 15.8 Å². The van der Waals surface area contributed by atoms with Crippen molar-refractivity contribution in [1.29, 1.82) is 0 Å². The molecule has 10 heteroatoms. The molecule has 0 aliphatic heterocycles. The normalized spacial score (nSPS) is 11.4. The van der Waals surface area contributed by atoms with Gasteiger partial charge >= 0.3 is 6.61 Å². The number of ether oxygens (including phenoxy) is 1. The summed E-state index contributed by atoms with van der Waals surface area (Å²) in [6.45, 7) is -3.37. The molecule has 33 heavy (non-hydrogen) atoms. The van der Waals surface area contributed by atoms with Gasteiger partial charge in [0.25, 0.3) is 5.91 Å². The number of alkyl halides is 2. The van der Waals surface area contributed by atoms with Crippen molar-refractivity contribution in [1.82, 2.24) is 15.3 Å². The van der Waals surface area contributed by atoms with E-state index >= 15 is 0 Å². The molecule has 7 nitrogen and oxygen atoms in total. The molecule has 3 rings (SSSR count). The molecule has 4 N–H and O–H groups in total. The van der Waals surface area contributed by atoms with Crippen LogP contribution in [0.1, 0.15) is 27.0 Å². The van der Waals surface area contributed by atoms with Gasteiger partial charge in [-0.25, -0.2) is 9.97 Å². The lowest BCUT2D eigenvalue weighted by molar-refractivity contribution is -0.0500. The number of carbonyl (C=O) groups excluding carboxylic acids is 1. The summed E-state index contributed by atoms with van der Waals surface area (Å²) in [5, 5.41) is 13.0. The summed E-state index contributed by atoms with van der Waals surface area (Å²) < 4.78 is 30.1. The third kappa shape index (κ3) is 7.14. The van der Waals surface area contributed by atoms with Crippen molar-refractivity contribution in [3.8, 4) is 17.6 Å². The lowest BCUT2D eigenvalue weighted by atomic mass is 10.0. The van der Waals surface area contributed by atoms with Crippen LogP contribution in [0.25, 0.3) is 0 Å². The van der Waals surface area contributed by atoms with Crippen molar-refractivity contribution in [2.45, 2.75) is 19.1 Å². The van der Waals surface area contributed by atoms with Crippen LogP contribution >= 0.6 is 11.6 Å². The predicted molar refractivity (Wildman–Crippen MR) is 119 cm³/mol. The number of aliphatic hydroxyl groups excluding tert-OH is 1. The average molecular weight is 473 g/mol. The number of anilines is 1. The van der Waals surface area contributed by atoms with Gasteiger partial charge in [0, 0.05) is 23.0 Å². The number of carbonyl (C=O) groups is 1. The maximum atomic E-state index is 12.8. The third-order valence-corrected chi connectivity index (χ3v) is 4.67. The van der Waals surface area contributed by atoms with Crippen molar-refractivity contribution in [2.24, 2.45) is 0 Å². The number of aromatic nitrogens is 2. The Bertz CT molecular complexity index is 1160. The monoisotopic (exact) mass is 472 g/mol. The van der Waals surface area contributed by atoms with Gasteiger partial charge in [0.1, 0.15) is 5.75 Å². The number of rotatable bonds is 7. The summed E-state index contributed by atoms with van der Waals surface area (Å²) in [7, 11) is 0. The lowest BCUT2D eigenvalue weighted by Crippen LogP contribution is -2.39. The van der Waals surface area contributed by atoms with E-state index in [1.807, 2.05) is 0 Å². The lowest BCUT2D eigenvalue weighted by Gasteiger charge is -2.17. The standard InChI is InChI=1S/C23H19ClF2N4O3/c24-18-6-2-14(3-7-18)9-19(13-31)30-21(32)17-5-8-20(33-22(25)26)16(10-17)4-1-15-11-28-23(27)29-12-15/h2-3,5-8,10-12,19,22,31H,9,13H2,(H,30,32)(H2,27,28,29). The van der Waals surface area contributed by atoms with Crippen LogP contribution in [0.2, 0.25) is 5.02 Å². The van der Waals surface area contributed by atoms with E-state index < -0.39 is 18.6 Å². The molecule has 0 aliphatic rings. The smallest absolute Gasteiger partial charge is 0.387 e. The Morgan fingerprint density at radius 2 is 1.85 bits per heavy atom. The molecule has 1 aromatic heterocycles. The molecular weight excluding hydrogens is 454 g/mol. The Kier molecular flexibility index (Phi) is 8.13. The van der Waals surface area contributed by atoms with Gasteiger partial charge in [0.2, 0.25) is 5.95 Å². The molecule has 0 radical (unpaired) electrons. The minimum atomic E-state index is -3.07. The van der Waals surface area contributed by atoms with Crippen molar-refractivity contribution < 1.29 is 23.4 Å². The highest BCUT2D eigenvalue weighted by molar-refractivity contribution is 6.30. The summed E-state index contributed by atoms with van der Waals surface area (Å²) in [6.07, 6.45) is 3.13. The zero-order valence-corrected chi connectivity index (χ0v) is 17.9. The molecule has 1 amide bonds. The maximum Gasteiger partial charge on any atom is 0.387 e. The number of amides is 1. The Hall–Kier alpha value is -3.74. The first-order valence-electron chi connectivity index (χ1n) is 9.68. The Morgan fingerprint density at radius 1 is 1.15 bits per heavy atom. The van der Waals surface area contributed by atoms with Crippen LogP contribution in [0.5, 0.6) is 5.75 Å². The fourth-order valence-corrected chi connectivity index (χ4v) is 2.97. The maximum absolute atomic E-state index is 12.8. The molecular formula is C23H19ClF2N4O3. The fraction of sp³-hybridized carbons (Fsp3) is 0.174. The SMILES string of the molecule is Nc1ncc(C#Cc2cc(C(=O)NC(CO)Cc3ccc(Cl)cc3)ccc2OC(F)F)cn1. The summed E-state index contributed by atoms with van der Waals surface area (Å²) in [6, 6.07) is 10.3. The van der Waals surface area contributed by atoms with Crippen molar-refractivity contribution >= 4 is 23.5 Å². The molecule has 0 fully saturated rings. The van der Waals surface area contributed by atoms with Gasteiger partial charge in [-0.3, -0.25) is 4.79 Å². The van der Waals surface area contributed by atoms with E-state index in [4.69, 9.17) is 17.3 Å². The van der Waals surface area contributed by atoms with Crippen molar-refractivity contribution in [3.05, 3.63) is 82.1 Å². The number of halogens is 3. The van der Waals surface area contributed by atoms with E-state index in [0.29, 0.717) is 17.0 Å². The van der Waals surface area contributed by atoms with Crippen LogP contribution in [0.15, 0.2) is 54.9 Å². The summed E-state index contributed by atoms with van der Waals surface area (Å²) >= 11 is 5.88. The molecule has 1 atom stereocenters. The molecule has 170 valence electrons. The van der Waals surface area contributed by atoms with Gasteiger partial charge in [-0.1, -0.05) is 35.6 Å². The van der Waals surface area contributed by atoms with Gasteiger partial charge in [-0.15, -0.1) is 0 Å². The highest BCUT2D eigenvalue weighted by Gasteiger charge is 2.16. The topological polar surface area (TPSA) is 110 Å². The Morgan fingerprint density at radius 3 is 2.48 bits per heavy atom. The zero-order valence-electron chi connectivity index (χ0n) is 17.1. The van der Waals surface area contributed by atoms with Crippen LogP contribution in [0.3, 0.4) is 0 Å². The minimum Gasteiger partial charge on any atom is -0.434 e. The van der Waals surface area contributed by atoms with Crippen LogP contribution in [0.4, 0.5) is 14.7 Å². The molecule has 3 aromatic rings. The van der Waals surface area contributed by atoms with E-state index in [1.54, 1.807) is 24.3 Å². The van der Waals surface area contributed by atoms with E-state index in [1.165, 1.54) is 30.6 Å². The molecule has 1 heterocycles. The number of benzene rings is 2. The molecule has 0 saturated heterocycles. The highest BCUT2D eigenvalue weighted by Crippen LogP contribution is 2.22. The van der Waals surface area contributed by atoms with Crippen molar-refractivity contribution in [2.75, 3.05) is 12.3 Å². The average Bonchev–Trinajstić information content (AvgIpc) is 2.80. The van der Waals surface area contributed by atoms with E-state index in [2.05, 4.69) is 31.9 Å². The Labute approximate surface area is 193 Å². The Balaban J connectivity index is 1.81. The third-order valence-electron chi connectivity index (χ3n) is 4.42. The van der Waals surface area contributed by atoms with Gasteiger partial charge < -0.3 is 20.9 Å². The first kappa shape index (κ1) is 23.9. The highest BCUT2D eigenvalue weighted by atomic mass is 35.5. The summed E-state index contributed by atoms with van der Waals surface area (Å²) in [5.74, 6) is 4.78. The van der Waals surface area contributed by atoms with Crippen LogP contribution in [0, 0.1) is 11.8 Å². The first-order valence-corrected chi connectivity index (χ1v) is 10.1.